The number of methoxy groups -OCH3 is 2. The summed E-state index contributed by atoms with van der Waals surface area (Å²) in [5, 5.41) is 0.270. The first-order valence-electron chi connectivity index (χ1n) is 10.8. The van der Waals surface area contributed by atoms with Gasteiger partial charge in [0.15, 0.2) is 10.8 Å². The molecule has 6 nitrogen and oxygen atoms in total. The fourth-order valence-corrected chi connectivity index (χ4v) is 5.19. The van der Waals surface area contributed by atoms with Crippen LogP contribution in [0.3, 0.4) is 0 Å². The molecule has 3 aromatic carbocycles. The molecule has 3 aromatic rings. The van der Waals surface area contributed by atoms with Gasteiger partial charge in [0.1, 0.15) is 23.1 Å². The van der Waals surface area contributed by atoms with Crippen molar-refractivity contribution in [2.24, 2.45) is 0 Å². The predicted molar refractivity (Wildman–Crippen MR) is 130 cm³/mol. The van der Waals surface area contributed by atoms with Crippen molar-refractivity contribution in [1.82, 2.24) is 4.90 Å². The second-order valence-corrected chi connectivity index (χ2v) is 8.77. The summed E-state index contributed by atoms with van der Waals surface area (Å²) in [7, 11) is 3.07. The predicted octanol–water partition coefficient (Wildman–Crippen LogP) is 5.33. The third-order valence-corrected chi connectivity index (χ3v) is 6.64. The van der Waals surface area contributed by atoms with Crippen LogP contribution < -0.4 is 19.1 Å². The maximum atomic E-state index is 14.0. The van der Waals surface area contributed by atoms with E-state index in [1.807, 2.05) is 31.2 Å². The molecule has 0 spiro atoms. The summed E-state index contributed by atoms with van der Waals surface area (Å²) in [4.78, 5) is 17.4. The highest BCUT2D eigenvalue weighted by Gasteiger charge is 2.53. The van der Waals surface area contributed by atoms with Crippen molar-refractivity contribution in [2.45, 2.75) is 25.1 Å². The van der Waals surface area contributed by atoms with E-state index in [-0.39, 0.29) is 22.9 Å². The number of halogens is 1. The highest BCUT2D eigenvalue weighted by molar-refractivity contribution is 7.80. The highest BCUT2D eigenvalue weighted by atomic mass is 32.1. The molecule has 0 aliphatic carbocycles. The number of hydrogen-bond donors (Lipinski definition) is 0. The van der Waals surface area contributed by atoms with Gasteiger partial charge in [-0.05, 0) is 61.6 Å². The number of fused-ring (bicyclic) bond motifs is 4. The van der Waals surface area contributed by atoms with E-state index in [0.717, 1.165) is 5.56 Å². The number of hydrogen-bond acceptors (Lipinski definition) is 5. The Kier molecular flexibility index (Phi) is 5.40. The third-order valence-electron chi connectivity index (χ3n) is 6.26. The minimum atomic E-state index is -0.864. The number of carbonyl (C=O) groups is 1. The van der Waals surface area contributed by atoms with E-state index in [2.05, 4.69) is 0 Å². The average Bonchev–Trinajstić information content (AvgIpc) is 2.84. The van der Waals surface area contributed by atoms with Crippen LogP contribution in [0, 0.1) is 5.82 Å². The summed E-state index contributed by atoms with van der Waals surface area (Å²) in [6.07, 6.45) is 0.467. The molecule has 34 heavy (non-hydrogen) atoms. The Morgan fingerprint density at radius 2 is 1.71 bits per heavy atom. The first kappa shape index (κ1) is 22.2. The fraction of sp³-hybridized carbons (Fsp3) is 0.231. The molecule has 5 rings (SSSR count). The number of amides is 1. The minimum absolute atomic E-state index is 0.270. The van der Waals surface area contributed by atoms with E-state index >= 15 is 0 Å². The average molecular weight is 479 g/mol. The largest absolute Gasteiger partial charge is 0.497 e. The number of nitrogens with zero attached hydrogens (tertiary/aromatic N) is 2. The Morgan fingerprint density at radius 1 is 1.06 bits per heavy atom. The molecular weight excluding hydrogens is 455 g/mol. The van der Waals surface area contributed by atoms with Crippen LogP contribution in [0.25, 0.3) is 0 Å². The third kappa shape index (κ3) is 3.54. The zero-order valence-corrected chi connectivity index (χ0v) is 19.8. The first-order chi connectivity index (χ1) is 16.3. The summed E-state index contributed by atoms with van der Waals surface area (Å²) in [6, 6.07) is 18.3. The molecule has 2 heterocycles. The second-order valence-electron chi connectivity index (χ2n) is 8.41. The molecule has 2 aliphatic rings. The molecule has 8 heteroatoms. The molecule has 1 fully saturated rings. The van der Waals surface area contributed by atoms with Gasteiger partial charge in [0.05, 0.1) is 20.3 Å². The number of para-hydroxylation sites is 1. The molecule has 2 bridgehead atoms. The lowest BCUT2D eigenvalue weighted by atomic mass is 9.88. The molecule has 2 unspecified atom stereocenters. The molecule has 1 amide bonds. The molecule has 2 atom stereocenters. The Hall–Kier alpha value is -3.65. The van der Waals surface area contributed by atoms with Crippen molar-refractivity contribution < 1.29 is 23.4 Å². The van der Waals surface area contributed by atoms with Crippen molar-refractivity contribution >= 4 is 28.9 Å². The summed E-state index contributed by atoms with van der Waals surface area (Å²) in [5.74, 6) is 1.02. The summed E-state index contributed by atoms with van der Waals surface area (Å²) in [5.41, 5.74) is 1.03. The summed E-state index contributed by atoms with van der Waals surface area (Å²) in [6.45, 7) is 1.93. The van der Waals surface area contributed by atoms with Crippen LogP contribution in [0.1, 0.15) is 35.3 Å². The number of anilines is 1. The van der Waals surface area contributed by atoms with Crippen LogP contribution in [0.2, 0.25) is 0 Å². The highest BCUT2D eigenvalue weighted by Crippen LogP contribution is 2.49. The molecule has 2 aliphatic heterocycles. The summed E-state index contributed by atoms with van der Waals surface area (Å²) >= 11 is 5.91. The summed E-state index contributed by atoms with van der Waals surface area (Å²) < 4.78 is 30.9. The maximum absolute atomic E-state index is 14.0. The Balaban J connectivity index is 1.66. The van der Waals surface area contributed by atoms with Crippen LogP contribution in [-0.4, -0.2) is 35.9 Å². The molecule has 1 saturated heterocycles. The lowest BCUT2D eigenvalue weighted by Crippen LogP contribution is -2.67. The zero-order valence-electron chi connectivity index (χ0n) is 18.9. The molecule has 0 saturated carbocycles. The van der Waals surface area contributed by atoms with E-state index in [1.54, 1.807) is 40.1 Å². The minimum Gasteiger partial charge on any atom is -0.497 e. The van der Waals surface area contributed by atoms with Crippen LogP contribution in [0.15, 0.2) is 66.7 Å². The van der Waals surface area contributed by atoms with E-state index in [0.29, 0.717) is 34.9 Å². The van der Waals surface area contributed by atoms with Gasteiger partial charge in [-0.1, -0.05) is 18.2 Å². The van der Waals surface area contributed by atoms with Gasteiger partial charge in [-0.3, -0.25) is 14.6 Å². The van der Waals surface area contributed by atoms with Crippen molar-refractivity contribution in [1.29, 1.82) is 0 Å². The van der Waals surface area contributed by atoms with E-state index in [9.17, 15) is 9.18 Å². The van der Waals surface area contributed by atoms with Gasteiger partial charge in [0.2, 0.25) is 0 Å². The number of benzene rings is 3. The van der Waals surface area contributed by atoms with Crippen LogP contribution in [-0.2, 0) is 0 Å². The molecule has 0 aromatic heterocycles. The number of ether oxygens (including phenoxy) is 3. The maximum Gasteiger partial charge on any atom is 0.260 e. The monoisotopic (exact) mass is 478 g/mol. The fourth-order valence-electron chi connectivity index (χ4n) is 4.68. The van der Waals surface area contributed by atoms with Crippen LogP contribution >= 0.6 is 12.2 Å². The molecule has 0 N–H and O–H groups in total. The first-order valence-corrected chi connectivity index (χ1v) is 11.2. The van der Waals surface area contributed by atoms with Gasteiger partial charge in [0.25, 0.3) is 5.91 Å². The molecule has 174 valence electrons. The van der Waals surface area contributed by atoms with Crippen LogP contribution in [0.5, 0.6) is 17.2 Å². The van der Waals surface area contributed by atoms with E-state index < -0.39 is 5.72 Å². The lowest BCUT2D eigenvalue weighted by Gasteiger charge is -2.55. The topological polar surface area (TPSA) is 51.2 Å². The Labute approximate surface area is 202 Å². The van der Waals surface area contributed by atoms with Gasteiger partial charge in [-0.15, -0.1) is 0 Å². The van der Waals surface area contributed by atoms with Gasteiger partial charge in [-0.2, -0.15) is 0 Å². The van der Waals surface area contributed by atoms with Gasteiger partial charge >= 0.3 is 0 Å². The smallest absolute Gasteiger partial charge is 0.260 e. The van der Waals surface area contributed by atoms with Crippen LogP contribution in [0.4, 0.5) is 10.1 Å². The zero-order chi connectivity index (χ0) is 24.0. The SMILES string of the molecule is COc1cc(OC)cc(C(=O)N2C(=S)N(c3ccc(F)cc3)C3(C)CC2c2ccccc2O3)c1. The Bertz CT molecular complexity index is 1260. The van der Waals surface area contributed by atoms with Gasteiger partial charge in [0, 0.05) is 29.3 Å². The number of rotatable bonds is 4. The molecule has 0 radical (unpaired) electrons. The second kappa shape index (κ2) is 8.29. The van der Waals surface area contributed by atoms with Gasteiger partial charge in [-0.25, -0.2) is 4.39 Å². The Morgan fingerprint density at radius 3 is 2.35 bits per heavy atom. The van der Waals surface area contributed by atoms with Crippen molar-refractivity contribution in [3.05, 3.63) is 83.7 Å². The molecular formula is C26H23FN2O4S. The van der Waals surface area contributed by atoms with Gasteiger partial charge < -0.3 is 14.2 Å². The number of carbonyl (C=O) groups excluding carboxylic acids is 1. The normalized spacial score (nSPS) is 20.9. The van der Waals surface area contributed by atoms with Crippen molar-refractivity contribution in [2.75, 3.05) is 19.1 Å². The lowest BCUT2D eigenvalue weighted by molar-refractivity contribution is 0.0183. The quantitative estimate of drug-likeness (QED) is 0.473. The van der Waals surface area contributed by atoms with Crippen molar-refractivity contribution in [3.63, 3.8) is 0 Å². The van der Waals surface area contributed by atoms with E-state index in [1.165, 1.54) is 26.4 Å². The standard InChI is InChI=1S/C26H23FN2O4S/c1-26-15-22(21-6-4-5-7-23(21)33-26)28(25(34)29(26)18-10-8-17(27)9-11-18)24(30)16-12-19(31-2)14-20(13-16)32-3/h4-14,22H,15H2,1-3H3. The number of thiocarbonyl (C=S) groups is 1. The van der Waals surface area contributed by atoms with E-state index in [4.69, 9.17) is 26.4 Å². The van der Waals surface area contributed by atoms with Crippen molar-refractivity contribution in [3.8, 4) is 17.2 Å².